The van der Waals surface area contributed by atoms with Crippen LogP contribution >= 0.6 is 11.6 Å². The number of ether oxygens (including phenoxy) is 2. The molecule has 2 aromatic rings. The molecule has 0 spiro atoms. The van der Waals surface area contributed by atoms with E-state index in [1.165, 1.54) is 14.2 Å². The maximum atomic E-state index is 12.5. The fourth-order valence-corrected chi connectivity index (χ4v) is 2.89. The molecule has 140 valence electrons. The average Bonchev–Trinajstić information content (AvgIpc) is 2.69. The Balaban J connectivity index is 2.08. The zero-order valence-electron chi connectivity index (χ0n) is 14.8. The van der Waals surface area contributed by atoms with Crippen LogP contribution in [0, 0.1) is 0 Å². The van der Waals surface area contributed by atoms with E-state index in [4.69, 9.17) is 21.1 Å². The minimum atomic E-state index is -1.63. The molecule has 1 heterocycles. The molecule has 3 rings (SSSR count). The highest BCUT2D eigenvalue weighted by molar-refractivity contribution is 6.30. The van der Waals surface area contributed by atoms with Crippen LogP contribution in [0.3, 0.4) is 0 Å². The van der Waals surface area contributed by atoms with Crippen LogP contribution in [0.1, 0.15) is 12.0 Å². The fourth-order valence-electron chi connectivity index (χ4n) is 2.77. The van der Waals surface area contributed by atoms with Crippen molar-refractivity contribution in [1.29, 1.82) is 0 Å². The molecule has 0 fully saturated rings. The van der Waals surface area contributed by atoms with Gasteiger partial charge < -0.3 is 20.1 Å². The summed E-state index contributed by atoms with van der Waals surface area (Å²) >= 11 is 5.93. The maximum Gasteiger partial charge on any atom is 0.355 e. The average molecular weight is 388 g/mol. The van der Waals surface area contributed by atoms with Gasteiger partial charge >= 0.3 is 11.9 Å². The molecule has 7 nitrogen and oxygen atoms in total. The molecule has 0 saturated carbocycles. The number of methoxy groups -OCH3 is 2. The normalized spacial score (nSPS) is 17.8. The SMILES string of the molecule is COC(=O)CC1(C(=O)OC)N=C(Nc2ccc(Cl)cc2)c2ccccc2N1. The number of hydrogen-bond donors (Lipinski definition) is 2. The number of fused-ring (bicyclic) bond motifs is 1. The predicted octanol–water partition coefficient (Wildman–Crippen LogP) is 3.06. The van der Waals surface area contributed by atoms with Crippen LogP contribution in [0.5, 0.6) is 0 Å². The largest absolute Gasteiger partial charge is 0.469 e. The Morgan fingerprint density at radius 1 is 1.11 bits per heavy atom. The standard InChI is InChI=1S/C19H18ClN3O4/c1-26-16(24)11-19(18(25)27-2)22-15-6-4-3-5-14(15)17(23-19)21-13-9-7-12(20)8-10-13/h3-10,22H,11H2,1-2H3,(H,21,23). The monoisotopic (exact) mass is 387 g/mol. The molecule has 0 aliphatic carbocycles. The summed E-state index contributed by atoms with van der Waals surface area (Å²) in [6.07, 6.45) is -0.323. The molecule has 1 aliphatic heterocycles. The van der Waals surface area contributed by atoms with Gasteiger partial charge in [0, 0.05) is 22.0 Å². The zero-order chi connectivity index (χ0) is 19.4. The van der Waals surface area contributed by atoms with Crippen LogP contribution < -0.4 is 10.6 Å². The van der Waals surface area contributed by atoms with Gasteiger partial charge in [-0.1, -0.05) is 23.7 Å². The second-order valence-corrected chi connectivity index (χ2v) is 6.30. The number of benzene rings is 2. The summed E-state index contributed by atoms with van der Waals surface area (Å²) in [5.74, 6) is -0.874. The number of nitrogens with one attached hydrogen (secondary N) is 2. The van der Waals surface area contributed by atoms with Crippen molar-refractivity contribution in [3.8, 4) is 0 Å². The van der Waals surface area contributed by atoms with Gasteiger partial charge in [0.1, 0.15) is 12.3 Å². The molecule has 0 amide bonds. The third kappa shape index (κ3) is 3.88. The van der Waals surface area contributed by atoms with Crippen molar-refractivity contribution in [2.45, 2.75) is 12.1 Å². The molecule has 8 heteroatoms. The van der Waals surface area contributed by atoms with E-state index < -0.39 is 17.6 Å². The molecule has 2 N–H and O–H groups in total. The Morgan fingerprint density at radius 3 is 2.48 bits per heavy atom. The predicted molar refractivity (Wildman–Crippen MR) is 103 cm³/mol. The second-order valence-electron chi connectivity index (χ2n) is 5.87. The fraction of sp³-hybridized carbons (Fsp3) is 0.211. The molecular formula is C19H18ClN3O4. The topological polar surface area (TPSA) is 89.0 Å². The van der Waals surface area contributed by atoms with Gasteiger partial charge in [0.2, 0.25) is 5.66 Å². The molecular weight excluding hydrogens is 370 g/mol. The lowest BCUT2D eigenvalue weighted by Gasteiger charge is -2.34. The summed E-state index contributed by atoms with van der Waals surface area (Å²) in [5, 5.41) is 6.81. The van der Waals surface area contributed by atoms with Crippen molar-refractivity contribution in [3.63, 3.8) is 0 Å². The molecule has 0 bridgehead atoms. The van der Waals surface area contributed by atoms with E-state index >= 15 is 0 Å². The molecule has 1 atom stereocenters. The van der Waals surface area contributed by atoms with Gasteiger partial charge in [-0.25, -0.2) is 9.79 Å². The zero-order valence-corrected chi connectivity index (χ0v) is 15.5. The van der Waals surface area contributed by atoms with Crippen molar-refractivity contribution in [3.05, 3.63) is 59.1 Å². The van der Waals surface area contributed by atoms with E-state index in [0.717, 1.165) is 11.3 Å². The van der Waals surface area contributed by atoms with Crippen molar-refractivity contribution in [1.82, 2.24) is 0 Å². The van der Waals surface area contributed by atoms with Gasteiger partial charge in [-0.05, 0) is 36.4 Å². The molecule has 1 unspecified atom stereocenters. The van der Waals surface area contributed by atoms with Crippen molar-refractivity contribution < 1.29 is 19.1 Å². The van der Waals surface area contributed by atoms with Crippen LogP contribution in [0.15, 0.2) is 53.5 Å². The quantitative estimate of drug-likeness (QED) is 0.784. The number of hydrogen-bond acceptors (Lipinski definition) is 7. The summed E-state index contributed by atoms with van der Waals surface area (Å²) in [5.41, 5.74) is 0.479. The minimum absolute atomic E-state index is 0.323. The number of anilines is 2. The van der Waals surface area contributed by atoms with Crippen LogP contribution in [-0.4, -0.2) is 37.7 Å². The number of nitrogens with zero attached hydrogens (tertiary/aromatic N) is 1. The first kappa shape index (κ1) is 18.7. The van der Waals surface area contributed by atoms with Crippen LogP contribution in [0.2, 0.25) is 5.02 Å². The summed E-state index contributed by atoms with van der Waals surface area (Å²) < 4.78 is 9.64. The van der Waals surface area contributed by atoms with Gasteiger partial charge in [-0.15, -0.1) is 0 Å². The van der Waals surface area contributed by atoms with Gasteiger partial charge in [0.05, 0.1) is 14.2 Å². The van der Waals surface area contributed by atoms with E-state index in [2.05, 4.69) is 15.6 Å². The Kier molecular flexibility index (Phi) is 5.32. The van der Waals surface area contributed by atoms with Crippen molar-refractivity contribution in [2.24, 2.45) is 4.99 Å². The first-order chi connectivity index (χ1) is 13.0. The number of carbonyl (C=O) groups excluding carboxylic acids is 2. The molecule has 2 aromatic carbocycles. The Bertz CT molecular complexity index is 898. The Hall–Kier alpha value is -3.06. The Labute approximate surface area is 161 Å². The Morgan fingerprint density at radius 2 is 1.81 bits per heavy atom. The summed E-state index contributed by atoms with van der Waals surface area (Å²) in [7, 11) is 2.49. The number of para-hydroxylation sites is 1. The molecule has 0 radical (unpaired) electrons. The van der Waals surface area contributed by atoms with Crippen molar-refractivity contribution >= 4 is 40.7 Å². The smallest absolute Gasteiger partial charge is 0.355 e. The third-order valence-corrected chi connectivity index (χ3v) is 4.34. The van der Waals surface area contributed by atoms with Gasteiger partial charge in [-0.2, -0.15) is 0 Å². The van der Waals surface area contributed by atoms with Crippen LogP contribution in [0.25, 0.3) is 0 Å². The highest BCUT2D eigenvalue weighted by Gasteiger charge is 2.45. The van der Waals surface area contributed by atoms with Gasteiger partial charge in [-0.3, -0.25) is 4.79 Å². The number of aliphatic imine (C=N–C) groups is 1. The summed E-state index contributed by atoms with van der Waals surface area (Å²) in [4.78, 5) is 29.0. The number of esters is 2. The first-order valence-corrected chi connectivity index (χ1v) is 8.50. The lowest BCUT2D eigenvalue weighted by atomic mass is 10.0. The van der Waals surface area contributed by atoms with Crippen molar-refractivity contribution in [2.75, 3.05) is 24.9 Å². The number of amidine groups is 1. The van der Waals surface area contributed by atoms with Crippen LogP contribution in [-0.2, 0) is 19.1 Å². The third-order valence-electron chi connectivity index (χ3n) is 4.08. The van der Waals surface area contributed by atoms with Gasteiger partial charge in [0.25, 0.3) is 0 Å². The highest BCUT2D eigenvalue weighted by Crippen LogP contribution is 2.32. The van der Waals surface area contributed by atoms with Crippen LogP contribution in [0.4, 0.5) is 11.4 Å². The van der Waals surface area contributed by atoms with Gasteiger partial charge in [0.15, 0.2) is 0 Å². The highest BCUT2D eigenvalue weighted by atomic mass is 35.5. The molecule has 0 aromatic heterocycles. The lowest BCUT2D eigenvalue weighted by Crippen LogP contribution is -2.51. The number of halogens is 1. The number of rotatable bonds is 4. The minimum Gasteiger partial charge on any atom is -0.469 e. The summed E-state index contributed by atoms with van der Waals surface area (Å²) in [6, 6.07) is 14.4. The number of carbonyl (C=O) groups is 2. The molecule has 27 heavy (non-hydrogen) atoms. The maximum absolute atomic E-state index is 12.5. The molecule has 0 saturated heterocycles. The summed E-state index contributed by atoms with van der Waals surface area (Å²) in [6.45, 7) is 0. The van der Waals surface area contributed by atoms with E-state index in [9.17, 15) is 9.59 Å². The first-order valence-electron chi connectivity index (χ1n) is 8.13. The van der Waals surface area contributed by atoms with E-state index in [-0.39, 0.29) is 6.42 Å². The van der Waals surface area contributed by atoms with E-state index in [1.54, 1.807) is 30.3 Å². The molecule has 1 aliphatic rings. The van der Waals surface area contributed by atoms with E-state index in [1.807, 2.05) is 18.2 Å². The lowest BCUT2D eigenvalue weighted by molar-refractivity contribution is -0.152. The van der Waals surface area contributed by atoms with E-state index in [0.29, 0.717) is 16.5 Å². The second kappa shape index (κ2) is 7.67.